The third-order valence-corrected chi connectivity index (χ3v) is 7.81. The number of halogens is 2. The number of aliphatic hydroxyl groups is 1. The predicted octanol–water partition coefficient (Wildman–Crippen LogP) is 2.80. The lowest BCUT2D eigenvalue weighted by Gasteiger charge is -2.14. The first-order valence-corrected chi connectivity index (χ1v) is 13.8. The zero-order chi connectivity index (χ0) is 29.0. The van der Waals surface area contributed by atoms with Gasteiger partial charge in [-0.2, -0.15) is 0 Å². The summed E-state index contributed by atoms with van der Waals surface area (Å²) in [6.07, 6.45) is 2.81. The molecule has 2 aromatic carbocycles. The van der Waals surface area contributed by atoms with Crippen LogP contribution in [0.15, 0.2) is 64.7 Å². The maximum atomic E-state index is 13.4. The molecule has 11 nitrogen and oxygen atoms in total. The second-order valence-electron chi connectivity index (χ2n) is 8.81. The highest BCUT2D eigenvalue weighted by Gasteiger charge is 2.22. The van der Waals surface area contributed by atoms with Gasteiger partial charge in [0, 0.05) is 24.8 Å². The number of carbonyl (C=O) groups is 1. The molecule has 0 unspecified atom stereocenters. The Morgan fingerprint density at radius 3 is 2.65 bits per heavy atom. The van der Waals surface area contributed by atoms with E-state index in [1.165, 1.54) is 30.3 Å². The van der Waals surface area contributed by atoms with Crippen molar-refractivity contribution in [2.75, 3.05) is 25.0 Å². The fourth-order valence-electron chi connectivity index (χ4n) is 3.94. The summed E-state index contributed by atoms with van der Waals surface area (Å²) in [5, 5.41) is 11.5. The number of methoxy groups -OCH3 is 1. The molecule has 1 amide bonds. The number of aliphatic hydroxyl groups excluding tert-OH is 1. The largest absolute Gasteiger partial charge is 0.480 e. The van der Waals surface area contributed by atoms with Gasteiger partial charge in [0.25, 0.3) is 15.6 Å². The van der Waals surface area contributed by atoms with Crippen molar-refractivity contribution in [1.82, 2.24) is 19.9 Å². The highest BCUT2D eigenvalue weighted by molar-refractivity contribution is 7.92. The van der Waals surface area contributed by atoms with Crippen LogP contribution in [0.4, 0.5) is 10.1 Å². The Kier molecular flexibility index (Phi) is 8.67. The van der Waals surface area contributed by atoms with Crippen LogP contribution < -0.4 is 20.3 Å². The summed E-state index contributed by atoms with van der Waals surface area (Å²) in [7, 11) is -2.92. The predicted molar refractivity (Wildman–Crippen MR) is 147 cm³/mol. The molecule has 0 fully saturated rings. The quantitative estimate of drug-likeness (QED) is 0.255. The van der Waals surface area contributed by atoms with E-state index in [-0.39, 0.29) is 58.0 Å². The molecule has 3 N–H and O–H groups in total. The zero-order valence-electron chi connectivity index (χ0n) is 21.4. The van der Waals surface area contributed by atoms with E-state index in [2.05, 4.69) is 20.0 Å². The van der Waals surface area contributed by atoms with E-state index >= 15 is 0 Å². The van der Waals surface area contributed by atoms with Gasteiger partial charge in [-0.1, -0.05) is 24.6 Å². The van der Waals surface area contributed by atoms with Gasteiger partial charge in [0.1, 0.15) is 16.4 Å². The fourth-order valence-corrected chi connectivity index (χ4v) is 5.52. The van der Waals surface area contributed by atoms with Gasteiger partial charge in [-0.3, -0.25) is 18.9 Å². The maximum absolute atomic E-state index is 13.4. The second kappa shape index (κ2) is 12.0. The van der Waals surface area contributed by atoms with Crippen molar-refractivity contribution in [3.8, 4) is 17.0 Å². The fraction of sp³-hybridized carbons (Fsp3) is 0.231. The number of nitrogens with one attached hydrogen (secondary N) is 2. The molecule has 14 heteroatoms. The maximum Gasteiger partial charge on any atom is 0.263 e. The number of amides is 1. The Balaban J connectivity index is 1.69. The zero-order valence-corrected chi connectivity index (χ0v) is 23.0. The molecule has 1 atom stereocenters. The standard InChI is InChI=1S/C26H25ClFN5O6S/c1-15(24(35)29-7-8-34)13-33-14-31-21-5-3-16(9-19(21)26(33)36)17-10-22(25(39-2)30-12-17)32-40(37,38)23-6-4-18(28)11-20(23)27/h3-6,9-12,14-15,32,34H,7-8,13H2,1-2H3,(H,29,35)/t15-/m0/s1. The molecule has 0 bridgehead atoms. The second-order valence-corrected chi connectivity index (χ2v) is 10.9. The summed E-state index contributed by atoms with van der Waals surface area (Å²) in [6.45, 7) is 1.65. The summed E-state index contributed by atoms with van der Waals surface area (Å²) < 4.78 is 48.4. The van der Waals surface area contributed by atoms with Crippen LogP contribution in [0.5, 0.6) is 5.88 Å². The molecule has 4 aromatic rings. The Labute approximate surface area is 233 Å². The summed E-state index contributed by atoms with van der Waals surface area (Å²) in [6, 6.07) is 9.32. The minimum atomic E-state index is -4.24. The molecule has 0 radical (unpaired) electrons. The molecule has 0 aliphatic rings. The number of hydrogen-bond donors (Lipinski definition) is 3. The number of fused-ring (bicyclic) bond motifs is 1. The molecule has 0 aliphatic heterocycles. The number of sulfonamides is 1. The first kappa shape index (κ1) is 28.9. The SMILES string of the molecule is COc1ncc(-c2ccc3ncn(C[C@H](C)C(=O)NCCO)c(=O)c3c2)cc1NS(=O)(=O)c1ccc(F)cc1Cl. The Morgan fingerprint density at radius 1 is 1.18 bits per heavy atom. The Morgan fingerprint density at radius 2 is 1.95 bits per heavy atom. The van der Waals surface area contributed by atoms with Gasteiger partial charge in [0.2, 0.25) is 11.8 Å². The van der Waals surface area contributed by atoms with E-state index in [1.54, 1.807) is 25.1 Å². The molecule has 2 aromatic heterocycles. The van der Waals surface area contributed by atoms with Crippen LogP contribution in [-0.4, -0.2) is 54.2 Å². The van der Waals surface area contributed by atoms with Gasteiger partial charge in [-0.15, -0.1) is 0 Å². The number of anilines is 1. The van der Waals surface area contributed by atoms with E-state index in [9.17, 15) is 22.4 Å². The van der Waals surface area contributed by atoms with Gasteiger partial charge < -0.3 is 15.2 Å². The number of pyridine rings is 1. The van der Waals surface area contributed by atoms with E-state index < -0.39 is 21.8 Å². The monoisotopic (exact) mass is 589 g/mol. The summed E-state index contributed by atoms with van der Waals surface area (Å²) in [5.41, 5.74) is 1.04. The molecule has 2 heterocycles. The Bertz CT molecular complexity index is 1750. The molecule has 0 spiro atoms. The van der Waals surface area contributed by atoms with Gasteiger partial charge in [-0.25, -0.2) is 22.8 Å². The molecule has 4 rings (SSSR count). The number of hydrogen-bond acceptors (Lipinski definition) is 8. The van der Waals surface area contributed by atoms with Crippen molar-refractivity contribution in [1.29, 1.82) is 0 Å². The number of nitrogens with zero attached hydrogens (tertiary/aromatic N) is 3. The van der Waals surface area contributed by atoms with E-state index in [1.807, 2.05) is 0 Å². The lowest BCUT2D eigenvalue weighted by Crippen LogP contribution is -2.35. The highest BCUT2D eigenvalue weighted by atomic mass is 35.5. The minimum absolute atomic E-state index is 0.00759. The van der Waals surface area contributed by atoms with Crippen molar-refractivity contribution in [2.24, 2.45) is 5.92 Å². The lowest BCUT2D eigenvalue weighted by molar-refractivity contribution is -0.125. The number of carbonyl (C=O) groups excluding carboxylic acids is 1. The van der Waals surface area contributed by atoms with E-state index in [4.69, 9.17) is 21.4 Å². The summed E-state index contributed by atoms with van der Waals surface area (Å²) in [5.74, 6) is -1.57. The van der Waals surface area contributed by atoms with Crippen LogP contribution in [0.25, 0.3) is 22.0 Å². The van der Waals surface area contributed by atoms with Gasteiger partial charge in [0.05, 0.1) is 41.9 Å². The molecule has 0 aliphatic carbocycles. The summed E-state index contributed by atoms with van der Waals surface area (Å²) in [4.78, 5) is 33.6. The van der Waals surface area contributed by atoms with Crippen molar-refractivity contribution < 1.29 is 27.4 Å². The van der Waals surface area contributed by atoms with Crippen LogP contribution >= 0.6 is 11.6 Å². The first-order chi connectivity index (χ1) is 19.0. The van der Waals surface area contributed by atoms with Crippen molar-refractivity contribution in [2.45, 2.75) is 18.4 Å². The normalized spacial score (nSPS) is 12.2. The average molecular weight is 590 g/mol. The molecule has 40 heavy (non-hydrogen) atoms. The number of ether oxygens (including phenoxy) is 1. The Hall–Kier alpha value is -4.07. The smallest absolute Gasteiger partial charge is 0.263 e. The van der Waals surface area contributed by atoms with Crippen molar-refractivity contribution >= 4 is 44.1 Å². The lowest BCUT2D eigenvalue weighted by atomic mass is 10.0. The van der Waals surface area contributed by atoms with Crippen LogP contribution in [0.1, 0.15) is 6.92 Å². The van der Waals surface area contributed by atoms with E-state index in [0.717, 1.165) is 18.2 Å². The number of aromatic nitrogens is 3. The third kappa shape index (κ3) is 6.22. The summed E-state index contributed by atoms with van der Waals surface area (Å²) >= 11 is 5.96. The topological polar surface area (TPSA) is 153 Å². The van der Waals surface area contributed by atoms with Crippen LogP contribution in [-0.2, 0) is 21.4 Å². The van der Waals surface area contributed by atoms with E-state index in [0.29, 0.717) is 16.6 Å². The van der Waals surface area contributed by atoms with Crippen molar-refractivity contribution in [3.05, 3.63) is 76.2 Å². The molecule has 0 saturated heterocycles. The highest BCUT2D eigenvalue weighted by Crippen LogP contribution is 2.32. The molecule has 210 valence electrons. The average Bonchev–Trinajstić information content (AvgIpc) is 2.92. The third-order valence-electron chi connectivity index (χ3n) is 5.96. The van der Waals surface area contributed by atoms with Gasteiger partial charge in [0.15, 0.2) is 0 Å². The van der Waals surface area contributed by atoms with Crippen LogP contribution in [0, 0.1) is 11.7 Å². The van der Waals surface area contributed by atoms with Crippen molar-refractivity contribution in [3.63, 3.8) is 0 Å². The first-order valence-electron chi connectivity index (χ1n) is 11.9. The molecular formula is C26H25ClFN5O6S. The molecule has 0 saturated carbocycles. The molecular weight excluding hydrogens is 565 g/mol. The van der Waals surface area contributed by atoms with Gasteiger partial charge in [-0.05, 0) is 42.0 Å². The number of rotatable bonds is 10. The van der Waals surface area contributed by atoms with Crippen LogP contribution in [0.2, 0.25) is 5.02 Å². The minimum Gasteiger partial charge on any atom is -0.480 e. The van der Waals surface area contributed by atoms with Gasteiger partial charge >= 0.3 is 0 Å². The number of benzene rings is 2. The van der Waals surface area contributed by atoms with Crippen LogP contribution in [0.3, 0.4) is 0 Å².